The van der Waals surface area contributed by atoms with E-state index in [1.807, 2.05) is 0 Å². The first-order valence-corrected chi connectivity index (χ1v) is 7.64. The van der Waals surface area contributed by atoms with Crippen molar-refractivity contribution in [3.8, 4) is 11.1 Å². The molecule has 1 heterocycles. The molecule has 133 valence electrons. The number of para-hydroxylation sites is 1. The van der Waals surface area contributed by atoms with Gasteiger partial charge in [0.2, 0.25) is 0 Å². The molecule has 0 fully saturated rings. The Kier molecular flexibility index (Phi) is 8.06. The lowest BCUT2D eigenvalue weighted by molar-refractivity contribution is -0.384. The summed E-state index contributed by atoms with van der Waals surface area (Å²) in [5, 5.41) is 19.6. The van der Waals surface area contributed by atoms with Crippen LogP contribution in [-0.2, 0) is 9.59 Å². The Labute approximate surface area is 152 Å². The fraction of sp³-hybridized carbons (Fsp3) is 0.200. The van der Waals surface area contributed by atoms with Crippen LogP contribution in [0.25, 0.3) is 11.1 Å². The third-order valence-corrected chi connectivity index (χ3v) is 3.65. The molecule has 1 radical (unpaired) electrons. The summed E-state index contributed by atoms with van der Waals surface area (Å²) >= 11 is 11.7. The molecular weight excluding hydrogens is 373 g/mol. The van der Waals surface area contributed by atoms with Crippen LogP contribution < -0.4 is 5.73 Å². The molecule has 2 rings (SSSR count). The minimum Gasteiger partial charge on any atom is -0.480 e. The number of H-pyrrole nitrogens is 1. The lowest BCUT2D eigenvalue weighted by Gasteiger charge is -2.02. The normalized spacial score (nSPS) is 11.2. The van der Waals surface area contributed by atoms with Gasteiger partial charge in [-0.1, -0.05) is 29.3 Å². The van der Waals surface area contributed by atoms with E-state index in [9.17, 15) is 19.7 Å². The average molecular weight is 387 g/mol. The fourth-order valence-electron chi connectivity index (χ4n) is 1.81. The van der Waals surface area contributed by atoms with Gasteiger partial charge in [0, 0.05) is 24.4 Å². The summed E-state index contributed by atoms with van der Waals surface area (Å²) in [5.41, 5.74) is 5.86. The molecule has 8 nitrogen and oxygen atoms in total. The van der Waals surface area contributed by atoms with Crippen molar-refractivity contribution in [1.29, 1.82) is 0 Å². The zero-order valence-electron chi connectivity index (χ0n) is 12.7. The molecule has 0 spiro atoms. The van der Waals surface area contributed by atoms with Gasteiger partial charge < -0.3 is 15.8 Å². The number of aromatic amines is 1. The van der Waals surface area contributed by atoms with Crippen LogP contribution in [-0.4, -0.2) is 33.3 Å². The number of rotatable bonds is 6. The Morgan fingerprint density at radius 2 is 2.00 bits per heavy atom. The largest absolute Gasteiger partial charge is 0.480 e. The van der Waals surface area contributed by atoms with Gasteiger partial charge in [0.1, 0.15) is 11.1 Å². The van der Waals surface area contributed by atoms with Crippen LogP contribution in [0.15, 0.2) is 30.6 Å². The van der Waals surface area contributed by atoms with E-state index in [1.54, 1.807) is 30.8 Å². The highest BCUT2D eigenvalue weighted by atomic mass is 35.5. The van der Waals surface area contributed by atoms with E-state index < -0.39 is 16.9 Å². The number of benzene rings is 1. The number of carboxylic acids is 1. The Morgan fingerprint density at radius 1 is 1.32 bits per heavy atom. The highest BCUT2D eigenvalue weighted by Gasteiger charge is 2.21. The maximum absolute atomic E-state index is 10.9. The first kappa shape index (κ1) is 20.6. The van der Waals surface area contributed by atoms with E-state index >= 15 is 0 Å². The monoisotopic (exact) mass is 386 g/mol. The summed E-state index contributed by atoms with van der Waals surface area (Å²) in [6, 6.07) is 3.81. The predicted molar refractivity (Wildman–Crippen MR) is 93.4 cm³/mol. The lowest BCUT2D eigenvalue weighted by Crippen LogP contribution is -2.29. The molecule has 0 aliphatic carbocycles. The van der Waals surface area contributed by atoms with E-state index in [1.165, 1.54) is 6.07 Å². The van der Waals surface area contributed by atoms with Crippen LogP contribution in [0.3, 0.4) is 0 Å². The van der Waals surface area contributed by atoms with Gasteiger partial charge >= 0.3 is 5.97 Å². The second-order valence-electron chi connectivity index (χ2n) is 4.74. The highest BCUT2D eigenvalue weighted by molar-refractivity contribution is 6.35. The molecule has 0 bridgehead atoms. The number of aliphatic carboxylic acids is 1. The molecule has 1 unspecified atom stereocenters. The summed E-state index contributed by atoms with van der Waals surface area (Å²) in [6.07, 6.45) is 4.97. The number of hydrogen-bond acceptors (Lipinski definition) is 5. The number of nitrogens with zero attached hydrogens (tertiary/aromatic N) is 1. The topological polar surface area (TPSA) is 139 Å². The maximum Gasteiger partial charge on any atom is 0.320 e. The van der Waals surface area contributed by atoms with Gasteiger partial charge in [-0.15, -0.1) is 0 Å². The Balaban J connectivity index is 0.000000299. The van der Waals surface area contributed by atoms with E-state index in [0.29, 0.717) is 16.1 Å². The molecule has 0 aliphatic heterocycles. The van der Waals surface area contributed by atoms with Crippen LogP contribution in [0.5, 0.6) is 0 Å². The summed E-state index contributed by atoms with van der Waals surface area (Å²) in [5.74, 6) is -1.08. The van der Waals surface area contributed by atoms with Crippen molar-refractivity contribution < 1.29 is 19.6 Å². The quantitative estimate of drug-likeness (QED) is 0.514. The predicted octanol–water partition coefficient (Wildman–Crippen LogP) is 3.18. The summed E-state index contributed by atoms with van der Waals surface area (Å²) in [4.78, 5) is 32.7. The van der Waals surface area contributed by atoms with Gasteiger partial charge in [-0.25, -0.2) is 0 Å². The number of hydrogen-bond donors (Lipinski definition) is 3. The lowest BCUT2D eigenvalue weighted by atomic mass is 10.1. The van der Waals surface area contributed by atoms with Crippen LogP contribution in [0, 0.1) is 10.1 Å². The minimum atomic E-state index is -1.08. The molecule has 0 saturated heterocycles. The van der Waals surface area contributed by atoms with E-state index in [0.717, 1.165) is 0 Å². The van der Waals surface area contributed by atoms with Crippen LogP contribution in [0.2, 0.25) is 10.0 Å². The van der Waals surface area contributed by atoms with Gasteiger partial charge in [-0.3, -0.25) is 19.7 Å². The van der Waals surface area contributed by atoms with Crippen molar-refractivity contribution in [2.75, 3.05) is 0 Å². The zero-order valence-corrected chi connectivity index (χ0v) is 14.3. The Bertz CT molecular complexity index is 763. The number of halogens is 2. The van der Waals surface area contributed by atoms with Gasteiger partial charge in [-0.2, -0.15) is 0 Å². The SMILES string of the molecule is NC(CC[C]=O)C(=O)O.O=[N+]([O-])c1c(Cl)cccc1-c1c[nH]cc1Cl. The summed E-state index contributed by atoms with van der Waals surface area (Å²) < 4.78 is 0. The molecule has 0 aliphatic rings. The first-order valence-electron chi connectivity index (χ1n) is 6.88. The fourth-order valence-corrected chi connectivity index (χ4v) is 2.27. The minimum absolute atomic E-state index is 0.0907. The summed E-state index contributed by atoms with van der Waals surface area (Å²) in [6.45, 7) is 0. The molecule has 1 aromatic carbocycles. The molecule has 25 heavy (non-hydrogen) atoms. The number of nitrogens with one attached hydrogen (secondary N) is 1. The third-order valence-electron chi connectivity index (χ3n) is 3.03. The molecule has 1 atom stereocenters. The Morgan fingerprint density at radius 3 is 2.48 bits per heavy atom. The van der Waals surface area contributed by atoms with Crippen molar-refractivity contribution in [2.45, 2.75) is 18.9 Å². The molecule has 10 heteroatoms. The number of nitro groups is 1. The number of nitro benzene ring substituents is 1. The molecule has 4 N–H and O–H groups in total. The average Bonchev–Trinajstić information content (AvgIpc) is 2.98. The highest BCUT2D eigenvalue weighted by Crippen LogP contribution is 2.38. The van der Waals surface area contributed by atoms with Crippen LogP contribution in [0.4, 0.5) is 5.69 Å². The van der Waals surface area contributed by atoms with Gasteiger partial charge in [-0.05, 0) is 18.6 Å². The van der Waals surface area contributed by atoms with E-state index in [2.05, 4.69) is 4.98 Å². The van der Waals surface area contributed by atoms with E-state index in [4.69, 9.17) is 34.0 Å². The van der Waals surface area contributed by atoms with Gasteiger partial charge in [0.15, 0.2) is 6.29 Å². The molecule has 2 aromatic rings. The van der Waals surface area contributed by atoms with Gasteiger partial charge in [0.25, 0.3) is 5.69 Å². The molecule has 1 aromatic heterocycles. The molecule has 0 saturated carbocycles. The van der Waals surface area contributed by atoms with Crippen molar-refractivity contribution in [3.63, 3.8) is 0 Å². The van der Waals surface area contributed by atoms with Crippen LogP contribution >= 0.6 is 23.2 Å². The third kappa shape index (κ3) is 5.86. The number of aromatic nitrogens is 1. The van der Waals surface area contributed by atoms with Crippen molar-refractivity contribution in [3.05, 3.63) is 50.8 Å². The second-order valence-corrected chi connectivity index (χ2v) is 5.55. The standard InChI is InChI=1S/C10H6Cl2N2O2.C5H8NO3/c11-8-3-1-2-6(10(8)14(15)16)7-4-13-5-9(7)12;6-4(5(8)9)2-1-3-7/h1-5,13H;4H,1-2,6H2,(H,8,9). The number of carbonyl (C=O) groups is 1. The number of nitrogens with two attached hydrogens (primary N) is 1. The number of carboxylic acid groups (broad SMARTS) is 1. The number of carbonyl (C=O) groups excluding carboxylic acids is 1. The zero-order chi connectivity index (χ0) is 19.0. The smallest absolute Gasteiger partial charge is 0.320 e. The van der Waals surface area contributed by atoms with Crippen LogP contribution in [0.1, 0.15) is 12.8 Å². The Hall–Kier alpha value is -2.42. The molecular formula is C15H14Cl2N3O5. The van der Waals surface area contributed by atoms with Crippen molar-refractivity contribution >= 4 is 41.1 Å². The van der Waals surface area contributed by atoms with Crippen molar-refractivity contribution in [1.82, 2.24) is 4.98 Å². The van der Waals surface area contributed by atoms with E-state index in [-0.39, 0.29) is 23.6 Å². The van der Waals surface area contributed by atoms with Crippen molar-refractivity contribution in [2.24, 2.45) is 5.73 Å². The second kappa shape index (κ2) is 9.77. The maximum atomic E-state index is 10.9. The van der Waals surface area contributed by atoms with Gasteiger partial charge in [0.05, 0.1) is 15.5 Å². The first-order chi connectivity index (χ1) is 11.8. The molecule has 0 amide bonds. The summed E-state index contributed by atoms with van der Waals surface area (Å²) in [7, 11) is 0.